The van der Waals surface area contributed by atoms with Crippen molar-refractivity contribution in [1.29, 1.82) is 0 Å². The molecule has 13 heteroatoms. The normalized spacial score (nSPS) is 15.3. The van der Waals surface area contributed by atoms with Gasteiger partial charge in [-0.05, 0) is 95.4 Å². The van der Waals surface area contributed by atoms with E-state index in [0.717, 1.165) is 29.8 Å². The molecular formula is C39H40FN7O5. The summed E-state index contributed by atoms with van der Waals surface area (Å²) in [7, 11) is 7.42. The van der Waals surface area contributed by atoms with E-state index in [9.17, 15) is 14.4 Å². The number of aromatic nitrogens is 3. The number of H-pyrrole nitrogens is 1. The van der Waals surface area contributed by atoms with Gasteiger partial charge in [0.1, 0.15) is 11.5 Å². The van der Waals surface area contributed by atoms with Crippen molar-refractivity contribution in [2.45, 2.75) is 32.7 Å². The number of allylic oxidation sites excluding steroid dienone is 1. The van der Waals surface area contributed by atoms with Crippen LogP contribution in [0.25, 0.3) is 28.2 Å². The minimum Gasteiger partial charge on any atom is -0.497 e. The van der Waals surface area contributed by atoms with Gasteiger partial charge in [-0.2, -0.15) is 5.10 Å². The molecule has 0 spiro atoms. The highest BCUT2D eigenvalue weighted by molar-refractivity contribution is 6.16. The van der Waals surface area contributed by atoms with Gasteiger partial charge in [-0.25, -0.2) is 9.18 Å². The largest absolute Gasteiger partial charge is 0.497 e. The number of likely N-dealkylation sites (tertiary alicyclic amines) is 1. The molecule has 0 saturated carbocycles. The second kappa shape index (κ2) is 13.6. The zero-order valence-corrected chi connectivity index (χ0v) is 29.9. The number of rotatable bonds is 7. The lowest BCUT2D eigenvalue weighted by Gasteiger charge is -2.35. The van der Waals surface area contributed by atoms with Crippen molar-refractivity contribution in [2.75, 3.05) is 44.9 Å². The third-order valence-electron chi connectivity index (χ3n) is 9.94. The van der Waals surface area contributed by atoms with Crippen LogP contribution in [0.3, 0.4) is 0 Å². The van der Waals surface area contributed by atoms with Crippen LogP contribution in [0.2, 0.25) is 0 Å². The number of carbonyl (C=O) groups excluding carboxylic acids is 3. The summed E-state index contributed by atoms with van der Waals surface area (Å²) in [6, 6.07) is 14.5. The molecule has 0 bridgehead atoms. The molecule has 4 heterocycles. The predicted octanol–water partition coefficient (Wildman–Crippen LogP) is 6.76. The van der Waals surface area contributed by atoms with E-state index < -0.39 is 17.6 Å². The Morgan fingerprint density at radius 1 is 1.04 bits per heavy atom. The number of methoxy groups -OCH3 is 1. The number of piperidine rings is 1. The van der Waals surface area contributed by atoms with Gasteiger partial charge in [-0.1, -0.05) is 0 Å². The number of Topliss-reactive ketones (excluding diaryl/α,β-unsaturated/α-hetero) is 1. The maximum absolute atomic E-state index is 15.3. The van der Waals surface area contributed by atoms with Crippen LogP contribution in [0.1, 0.15) is 50.5 Å². The van der Waals surface area contributed by atoms with Crippen LogP contribution in [-0.2, 0) is 7.05 Å². The van der Waals surface area contributed by atoms with E-state index in [1.165, 1.54) is 13.2 Å². The minimum atomic E-state index is -0.520. The van der Waals surface area contributed by atoms with E-state index >= 15 is 4.39 Å². The first kappa shape index (κ1) is 34.5. The van der Waals surface area contributed by atoms with Crippen LogP contribution in [0.4, 0.5) is 20.6 Å². The number of benzene rings is 3. The van der Waals surface area contributed by atoms with E-state index in [4.69, 9.17) is 9.47 Å². The smallest absolute Gasteiger partial charge is 0.323 e. The summed E-state index contributed by atoms with van der Waals surface area (Å²) in [6.45, 7) is 5.20. The van der Waals surface area contributed by atoms with Crippen molar-refractivity contribution in [3.05, 3.63) is 94.3 Å². The molecule has 3 N–H and O–H groups in total. The topological polar surface area (TPSA) is 134 Å². The summed E-state index contributed by atoms with van der Waals surface area (Å²) in [6.07, 6.45) is 3.47. The molecule has 52 heavy (non-hydrogen) atoms. The maximum atomic E-state index is 15.3. The summed E-state index contributed by atoms with van der Waals surface area (Å²) in [4.78, 5) is 47.0. The number of halogens is 1. The molecule has 268 valence electrons. The Morgan fingerprint density at radius 2 is 1.73 bits per heavy atom. The number of carbonyl (C=O) groups is 3. The van der Waals surface area contributed by atoms with E-state index in [2.05, 4.69) is 39.7 Å². The van der Waals surface area contributed by atoms with Crippen LogP contribution in [0.15, 0.2) is 60.4 Å². The second-order valence-electron chi connectivity index (χ2n) is 13.4. The van der Waals surface area contributed by atoms with Crippen molar-refractivity contribution < 1.29 is 28.2 Å². The van der Waals surface area contributed by atoms with Crippen LogP contribution in [-0.4, -0.2) is 82.6 Å². The van der Waals surface area contributed by atoms with E-state index in [1.807, 2.05) is 25.8 Å². The van der Waals surface area contributed by atoms with Crippen molar-refractivity contribution in [3.8, 4) is 22.8 Å². The molecule has 1 fully saturated rings. The number of hydrogen-bond acceptors (Lipinski definition) is 7. The Labute approximate surface area is 300 Å². The number of ketones is 1. The fourth-order valence-electron chi connectivity index (χ4n) is 7.00. The number of hydrogen-bond donors (Lipinski definition) is 3. The van der Waals surface area contributed by atoms with Gasteiger partial charge in [0.05, 0.1) is 29.6 Å². The Hall–Kier alpha value is -5.95. The molecule has 0 radical (unpaired) electrons. The van der Waals surface area contributed by atoms with Crippen molar-refractivity contribution in [1.82, 2.24) is 24.6 Å². The number of urea groups is 1. The first-order valence-corrected chi connectivity index (χ1v) is 17.0. The van der Waals surface area contributed by atoms with Gasteiger partial charge in [0.25, 0.3) is 5.91 Å². The maximum Gasteiger partial charge on any atom is 0.323 e. The molecule has 0 unspecified atom stereocenters. The lowest BCUT2D eigenvalue weighted by molar-refractivity contribution is 0.0663. The first-order valence-electron chi connectivity index (χ1n) is 17.0. The molecule has 0 atom stereocenters. The molecule has 7 rings (SSSR count). The van der Waals surface area contributed by atoms with Crippen molar-refractivity contribution >= 4 is 46.1 Å². The van der Waals surface area contributed by atoms with Crippen molar-refractivity contribution in [2.24, 2.45) is 7.05 Å². The predicted molar refractivity (Wildman–Crippen MR) is 198 cm³/mol. The Balaban J connectivity index is 1.08. The van der Waals surface area contributed by atoms with Crippen molar-refractivity contribution in [3.63, 3.8) is 0 Å². The fraction of sp³-hybridized carbons (Fsp3) is 0.282. The molecule has 2 aliphatic heterocycles. The second-order valence-corrected chi connectivity index (χ2v) is 13.4. The number of nitrogens with zero attached hydrogens (tertiary/aromatic N) is 4. The first-order chi connectivity index (χ1) is 24.9. The van der Waals surface area contributed by atoms with Gasteiger partial charge in [0.2, 0.25) is 5.78 Å². The van der Waals surface area contributed by atoms with Crippen LogP contribution in [0, 0.1) is 19.7 Å². The Kier molecular flexibility index (Phi) is 9.05. The number of aromatic amines is 1. The molecule has 3 aromatic carbocycles. The highest BCUT2D eigenvalue weighted by Gasteiger charge is 2.30. The summed E-state index contributed by atoms with van der Waals surface area (Å²) in [5.41, 5.74) is 5.47. The van der Waals surface area contributed by atoms with E-state index in [-0.39, 0.29) is 22.7 Å². The monoisotopic (exact) mass is 705 g/mol. The SMILES string of the molecule is COc1cc(F)c2[nH]c(-c3c(C)nn(C)c3C)c(C=C3Oc4ccc(NC(=O)Nc5ccc(C(=O)N6CCC(N(C)C)CC6)cc5)cc4C3=O)c2c1. The average Bonchev–Trinajstić information content (AvgIpc) is 3.73. The highest BCUT2D eigenvalue weighted by atomic mass is 19.1. The quantitative estimate of drug-likeness (QED) is 0.159. The molecule has 2 aliphatic rings. The number of fused-ring (bicyclic) bond motifs is 2. The van der Waals surface area contributed by atoms with Crippen LogP contribution in [0.5, 0.6) is 11.5 Å². The Morgan fingerprint density at radius 3 is 2.38 bits per heavy atom. The third-order valence-corrected chi connectivity index (χ3v) is 9.94. The molecule has 2 aromatic heterocycles. The van der Waals surface area contributed by atoms with Gasteiger partial charge < -0.3 is 34.9 Å². The lowest BCUT2D eigenvalue weighted by atomic mass is 10.0. The molecule has 3 amide bonds. The summed E-state index contributed by atoms with van der Waals surface area (Å²) in [5, 5.41) is 10.6. The van der Waals surface area contributed by atoms with Gasteiger partial charge in [-0.3, -0.25) is 14.3 Å². The van der Waals surface area contributed by atoms with E-state index in [0.29, 0.717) is 64.2 Å². The van der Waals surface area contributed by atoms with Crippen LogP contribution >= 0.6 is 0 Å². The molecule has 0 aliphatic carbocycles. The zero-order valence-electron chi connectivity index (χ0n) is 29.9. The Bertz CT molecular complexity index is 2260. The molecule has 12 nitrogen and oxygen atoms in total. The number of nitrogens with one attached hydrogen (secondary N) is 3. The number of ether oxygens (including phenoxy) is 2. The van der Waals surface area contributed by atoms with Gasteiger partial charge in [0, 0.05) is 71.4 Å². The van der Waals surface area contributed by atoms with Crippen LogP contribution < -0.4 is 20.1 Å². The molecule has 1 saturated heterocycles. The lowest BCUT2D eigenvalue weighted by Crippen LogP contribution is -2.44. The summed E-state index contributed by atoms with van der Waals surface area (Å²) < 4.78 is 28.4. The number of aryl methyl sites for hydroxylation is 2. The van der Waals surface area contributed by atoms with Gasteiger partial charge >= 0.3 is 6.03 Å². The van der Waals surface area contributed by atoms with Gasteiger partial charge in [0.15, 0.2) is 11.6 Å². The number of anilines is 2. The van der Waals surface area contributed by atoms with E-state index in [1.54, 1.807) is 59.3 Å². The molecular weight excluding hydrogens is 665 g/mol. The minimum absolute atomic E-state index is 0.0261. The third kappa shape index (κ3) is 6.39. The highest BCUT2D eigenvalue weighted by Crippen LogP contribution is 2.40. The fourth-order valence-corrected chi connectivity index (χ4v) is 7.00. The average molecular weight is 706 g/mol. The molecule has 5 aromatic rings. The summed E-state index contributed by atoms with van der Waals surface area (Å²) in [5.74, 6) is -0.234. The zero-order chi connectivity index (χ0) is 36.8. The standard InChI is InChI=1S/C39H40FN7O5/c1-21-34(22(2)46(5)44-21)36-29(28-18-27(51-6)19-31(40)35(28)43-36)20-33-37(48)30-17-25(11-12-32(30)52-33)42-39(50)41-24-9-7-23(8-10-24)38(49)47-15-13-26(14-16-47)45(3)4/h7-12,17-20,26,43H,13-16H2,1-6H3,(H2,41,42,50). The summed E-state index contributed by atoms with van der Waals surface area (Å²) >= 11 is 0. The van der Waals surface area contributed by atoms with Gasteiger partial charge in [-0.15, -0.1) is 0 Å². The number of amides is 3.